The van der Waals surface area contributed by atoms with Crippen molar-refractivity contribution < 1.29 is 0 Å². The van der Waals surface area contributed by atoms with Crippen molar-refractivity contribution in [3.8, 4) is 0 Å². The second-order valence-corrected chi connectivity index (χ2v) is 5.80. The maximum atomic E-state index is 4.34. The molecule has 3 rings (SSSR count). The largest absolute Gasteiger partial charge is 0.310 e. The molecule has 3 aromatic rings. The lowest BCUT2D eigenvalue weighted by Crippen LogP contribution is -2.18. The molecule has 0 heterocycles. The molecule has 0 N–H and O–H groups in total. The molecule has 0 aliphatic heterocycles. The van der Waals surface area contributed by atoms with Crippen LogP contribution in [-0.2, 0) is 0 Å². The normalized spacial score (nSPS) is 10.2. The molecule has 0 atom stereocenters. The molecule has 118 valence electrons. The molecule has 24 heavy (non-hydrogen) atoms. The first-order valence-electron chi connectivity index (χ1n) is 8.02. The van der Waals surface area contributed by atoms with E-state index in [4.69, 9.17) is 0 Å². The van der Waals surface area contributed by atoms with Crippen LogP contribution in [0.4, 0.5) is 5.69 Å². The topological polar surface area (TPSA) is 3.24 Å². The van der Waals surface area contributed by atoms with Crippen molar-refractivity contribution in [2.45, 2.75) is 6.92 Å². The summed E-state index contributed by atoms with van der Waals surface area (Å²) in [5, 5.41) is 0. The standard InChI is InChI=1S/C23H21N/c1-18-14-16-23(17-15-18)24(19(2)21-10-6-4-7-11-21)20(3)22-12-8-5-9-13-22/h4-17H,2-3H2,1H3/i2+1. The van der Waals surface area contributed by atoms with Gasteiger partial charge in [0.15, 0.2) is 0 Å². The van der Waals surface area contributed by atoms with Crippen LogP contribution in [0.25, 0.3) is 11.4 Å². The van der Waals surface area contributed by atoms with Gasteiger partial charge in [-0.1, -0.05) is 91.5 Å². The summed E-state index contributed by atoms with van der Waals surface area (Å²) in [4.78, 5) is 2.12. The Bertz CT molecular complexity index is 779. The quantitative estimate of drug-likeness (QED) is 0.511. The predicted molar refractivity (Wildman–Crippen MR) is 105 cm³/mol. The van der Waals surface area contributed by atoms with Crippen LogP contribution in [0, 0.1) is 6.92 Å². The molecular formula is C23H21N. The van der Waals surface area contributed by atoms with Crippen LogP contribution in [0.1, 0.15) is 16.7 Å². The number of nitrogens with zero attached hydrogens (tertiary/aromatic N) is 1. The molecule has 0 radical (unpaired) electrons. The minimum absolute atomic E-state index is 0.910. The number of hydrogen-bond donors (Lipinski definition) is 0. The van der Waals surface area contributed by atoms with Gasteiger partial charge in [0.05, 0.1) is 0 Å². The highest BCUT2D eigenvalue weighted by atomic mass is 15.2. The van der Waals surface area contributed by atoms with E-state index in [0.717, 1.165) is 28.2 Å². The highest BCUT2D eigenvalue weighted by molar-refractivity contribution is 5.93. The summed E-state index contributed by atoms with van der Waals surface area (Å²) in [6.45, 7) is 10.8. The molecule has 0 unspecified atom stereocenters. The average molecular weight is 312 g/mol. The maximum absolute atomic E-state index is 4.34. The average Bonchev–Trinajstić information content (AvgIpc) is 2.64. The van der Waals surface area contributed by atoms with Crippen LogP contribution >= 0.6 is 0 Å². The van der Waals surface area contributed by atoms with Gasteiger partial charge in [-0.05, 0) is 30.2 Å². The van der Waals surface area contributed by atoms with Crippen LogP contribution in [0.2, 0.25) is 0 Å². The van der Waals surface area contributed by atoms with E-state index in [1.165, 1.54) is 5.56 Å². The summed E-state index contributed by atoms with van der Waals surface area (Å²) in [7, 11) is 0. The summed E-state index contributed by atoms with van der Waals surface area (Å²) in [6.07, 6.45) is 0. The fourth-order valence-electron chi connectivity index (χ4n) is 2.69. The summed E-state index contributed by atoms with van der Waals surface area (Å²) >= 11 is 0. The predicted octanol–water partition coefficient (Wildman–Crippen LogP) is 6.14. The first kappa shape index (κ1) is 15.8. The van der Waals surface area contributed by atoms with Crippen molar-refractivity contribution in [2.75, 3.05) is 4.90 Å². The zero-order chi connectivity index (χ0) is 16.9. The van der Waals surface area contributed by atoms with Gasteiger partial charge in [-0.3, -0.25) is 0 Å². The van der Waals surface area contributed by atoms with Crippen molar-refractivity contribution in [3.63, 3.8) is 0 Å². The number of rotatable bonds is 5. The third-order valence-corrected chi connectivity index (χ3v) is 4.05. The van der Waals surface area contributed by atoms with Crippen LogP contribution in [0.3, 0.4) is 0 Å². The first-order chi connectivity index (χ1) is 11.7. The Labute approximate surface area is 144 Å². The van der Waals surface area contributed by atoms with Gasteiger partial charge < -0.3 is 4.90 Å². The van der Waals surface area contributed by atoms with Gasteiger partial charge in [0, 0.05) is 17.1 Å². The van der Waals surface area contributed by atoms with Crippen LogP contribution in [-0.4, -0.2) is 0 Å². The Morgan fingerprint density at radius 2 is 1.04 bits per heavy atom. The summed E-state index contributed by atoms with van der Waals surface area (Å²) in [5.74, 6) is 0. The Hall–Kier alpha value is -3.06. The van der Waals surface area contributed by atoms with Gasteiger partial charge in [-0.15, -0.1) is 0 Å². The van der Waals surface area contributed by atoms with Crippen molar-refractivity contribution in [3.05, 3.63) is 115 Å². The van der Waals surface area contributed by atoms with E-state index in [0.29, 0.717) is 0 Å². The lowest BCUT2D eigenvalue weighted by Gasteiger charge is -2.29. The molecule has 0 aliphatic carbocycles. The minimum Gasteiger partial charge on any atom is -0.310 e. The van der Waals surface area contributed by atoms with E-state index in [1.807, 2.05) is 36.4 Å². The molecule has 0 bridgehead atoms. The van der Waals surface area contributed by atoms with E-state index in [1.54, 1.807) is 0 Å². The van der Waals surface area contributed by atoms with Crippen LogP contribution in [0.15, 0.2) is 98.1 Å². The van der Waals surface area contributed by atoms with Gasteiger partial charge >= 0.3 is 0 Å². The molecule has 0 saturated heterocycles. The second-order valence-electron chi connectivity index (χ2n) is 5.80. The third-order valence-electron chi connectivity index (χ3n) is 4.05. The van der Waals surface area contributed by atoms with Crippen molar-refractivity contribution >= 4 is 17.1 Å². The van der Waals surface area contributed by atoms with Crippen LogP contribution < -0.4 is 4.90 Å². The molecular weight excluding hydrogens is 291 g/mol. The molecule has 0 spiro atoms. The molecule has 0 aliphatic rings. The SMILES string of the molecule is C=C(c1ccccc1)N(C(=[13CH2])c1ccccc1)c1ccc(C)cc1. The number of hydrogen-bond acceptors (Lipinski definition) is 1. The Morgan fingerprint density at radius 3 is 1.46 bits per heavy atom. The van der Waals surface area contributed by atoms with E-state index < -0.39 is 0 Å². The van der Waals surface area contributed by atoms with Gasteiger partial charge in [-0.2, -0.15) is 0 Å². The molecule has 1 heteroatoms. The van der Waals surface area contributed by atoms with Gasteiger partial charge in [0.25, 0.3) is 0 Å². The van der Waals surface area contributed by atoms with Crippen LogP contribution in [0.5, 0.6) is 0 Å². The first-order valence-corrected chi connectivity index (χ1v) is 8.02. The number of benzene rings is 3. The van der Waals surface area contributed by atoms with Gasteiger partial charge in [-0.25, -0.2) is 0 Å². The Balaban J connectivity index is 2.05. The lowest BCUT2D eigenvalue weighted by atomic mass is 10.1. The molecule has 0 aromatic heterocycles. The molecule has 0 saturated carbocycles. The summed E-state index contributed by atoms with van der Waals surface area (Å²) in [5.41, 5.74) is 6.27. The molecule has 0 amide bonds. The highest BCUT2D eigenvalue weighted by Gasteiger charge is 2.16. The third kappa shape index (κ3) is 3.31. The van der Waals surface area contributed by atoms with E-state index in [9.17, 15) is 0 Å². The van der Waals surface area contributed by atoms with Gasteiger partial charge in [0.1, 0.15) is 0 Å². The maximum Gasteiger partial charge on any atom is 0.0462 e. The number of aryl methyl sites for hydroxylation is 1. The zero-order valence-electron chi connectivity index (χ0n) is 13.9. The zero-order valence-corrected chi connectivity index (χ0v) is 13.9. The van der Waals surface area contributed by atoms with E-state index >= 15 is 0 Å². The second kappa shape index (κ2) is 7.01. The Kier molecular flexibility index (Phi) is 4.62. The minimum atomic E-state index is 0.910. The van der Waals surface area contributed by atoms with Crippen molar-refractivity contribution in [1.82, 2.24) is 0 Å². The Morgan fingerprint density at radius 1 is 0.625 bits per heavy atom. The monoisotopic (exact) mass is 312 g/mol. The fourth-order valence-corrected chi connectivity index (χ4v) is 2.69. The number of anilines is 1. The fraction of sp³-hybridized carbons (Fsp3) is 0.0435. The smallest absolute Gasteiger partial charge is 0.0462 e. The molecule has 1 nitrogen and oxygen atoms in total. The van der Waals surface area contributed by atoms with E-state index in [-0.39, 0.29) is 0 Å². The summed E-state index contributed by atoms with van der Waals surface area (Å²) in [6, 6.07) is 28.9. The lowest BCUT2D eigenvalue weighted by molar-refractivity contribution is 1.30. The van der Waals surface area contributed by atoms with Crippen molar-refractivity contribution in [1.29, 1.82) is 0 Å². The highest BCUT2D eigenvalue weighted by Crippen LogP contribution is 2.33. The van der Waals surface area contributed by atoms with Crippen molar-refractivity contribution in [2.24, 2.45) is 0 Å². The van der Waals surface area contributed by atoms with Gasteiger partial charge in [0.2, 0.25) is 0 Å². The summed E-state index contributed by atoms with van der Waals surface area (Å²) < 4.78 is 0. The van der Waals surface area contributed by atoms with E-state index in [2.05, 4.69) is 73.5 Å². The molecule has 3 aromatic carbocycles. The molecule has 0 fully saturated rings.